The number of benzene rings is 1. The lowest BCUT2D eigenvalue weighted by molar-refractivity contribution is -0.270. The van der Waals surface area contributed by atoms with Crippen molar-refractivity contribution in [3.05, 3.63) is 40.2 Å². The van der Waals surface area contributed by atoms with Crippen LogP contribution in [0.3, 0.4) is 0 Å². The molecule has 1 saturated heterocycles. The first-order valence-corrected chi connectivity index (χ1v) is 7.41. The molecule has 1 fully saturated rings. The van der Waals surface area contributed by atoms with Gasteiger partial charge in [-0.05, 0) is 19.1 Å². The molecule has 0 bridgehead atoms. The summed E-state index contributed by atoms with van der Waals surface area (Å²) in [7, 11) is 0. The Balaban J connectivity index is 1.98. The number of carboxylic acid groups (broad SMARTS) is 1. The van der Waals surface area contributed by atoms with Crippen molar-refractivity contribution in [2.45, 2.75) is 37.6 Å². The highest BCUT2D eigenvalue weighted by Gasteiger charge is 2.48. The van der Waals surface area contributed by atoms with Gasteiger partial charge in [-0.1, -0.05) is 11.6 Å². The van der Waals surface area contributed by atoms with Crippen LogP contribution in [-0.2, 0) is 9.53 Å². The van der Waals surface area contributed by atoms with Crippen LogP contribution in [0.25, 0.3) is 11.0 Å². The molecule has 2 heterocycles. The summed E-state index contributed by atoms with van der Waals surface area (Å²) < 4.78 is 15.5. The zero-order valence-corrected chi connectivity index (χ0v) is 13.0. The van der Waals surface area contributed by atoms with Crippen LogP contribution in [0.5, 0.6) is 5.75 Å². The van der Waals surface area contributed by atoms with Crippen LogP contribution < -0.4 is 10.4 Å². The number of hydrogen-bond donors (Lipinski definition) is 4. The molecular weight excluding hydrogens is 336 g/mol. The van der Waals surface area contributed by atoms with Crippen LogP contribution in [-0.4, -0.2) is 57.1 Å². The summed E-state index contributed by atoms with van der Waals surface area (Å²) in [5.74, 6) is -1.54. The number of carbonyl (C=O) groups is 1. The number of aliphatic carboxylic acids is 1. The lowest BCUT2D eigenvalue weighted by Gasteiger charge is -2.38. The molecule has 1 aliphatic heterocycles. The molecule has 0 spiro atoms. The van der Waals surface area contributed by atoms with Crippen molar-refractivity contribution in [3.8, 4) is 5.75 Å². The van der Waals surface area contributed by atoms with Crippen molar-refractivity contribution < 1.29 is 39.1 Å². The van der Waals surface area contributed by atoms with Gasteiger partial charge >= 0.3 is 11.6 Å². The number of aryl methyl sites for hydroxylation is 1. The summed E-state index contributed by atoms with van der Waals surface area (Å²) in [6, 6.07) is 5.98. The standard InChI is InChI=1S/C16H16O9/c1-6-2-3-8-7(4-6)9(5-10(17)23-8)24-16-13(20)11(18)12(19)14(25-16)15(21)22/h2-5,11-14,16,18-20H,1H3,(H,21,22)/t11-,12-,13+,14-,16+/m0/s1. The first-order valence-electron chi connectivity index (χ1n) is 7.41. The molecule has 0 radical (unpaired) electrons. The highest BCUT2D eigenvalue weighted by molar-refractivity contribution is 5.83. The molecule has 9 nitrogen and oxygen atoms in total. The van der Waals surface area contributed by atoms with Gasteiger partial charge in [0, 0.05) is 0 Å². The molecule has 134 valence electrons. The molecule has 2 aromatic rings. The average molecular weight is 352 g/mol. The largest absolute Gasteiger partial charge is 0.479 e. The fourth-order valence-electron chi connectivity index (χ4n) is 2.62. The van der Waals surface area contributed by atoms with Gasteiger partial charge < -0.3 is 34.3 Å². The van der Waals surface area contributed by atoms with E-state index < -0.39 is 42.3 Å². The highest BCUT2D eigenvalue weighted by Crippen LogP contribution is 2.29. The van der Waals surface area contributed by atoms with Gasteiger partial charge in [-0.2, -0.15) is 0 Å². The maximum Gasteiger partial charge on any atom is 0.339 e. The number of fused-ring (bicyclic) bond motifs is 1. The van der Waals surface area contributed by atoms with Gasteiger partial charge in [-0.3, -0.25) is 0 Å². The summed E-state index contributed by atoms with van der Waals surface area (Å²) in [6.45, 7) is 1.81. The van der Waals surface area contributed by atoms with E-state index in [-0.39, 0.29) is 11.3 Å². The monoisotopic (exact) mass is 352 g/mol. The van der Waals surface area contributed by atoms with Gasteiger partial charge in [0.2, 0.25) is 6.29 Å². The Bertz CT molecular complexity index is 858. The number of rotatable bonds is 3. The Hall–Kier alpha value is -2.46. The molecule has 25 heavy (non-hydrogen) atoms. The maximum absolute atomic E-state index is 11.7. The summed E-state index contributed by atoms with van der Waals surface area (Å²) in [5.41, 5.74) is 0.357. The molecule has 0 unspecified atom stereocenters. The minimum atomic E-state index is -1.83. The molecule has 4 N–H and O–H groups in total. The van der Waals surface area contributed by atoms with E-state index in [1.54, 1.807) is 25.1 Å². The van der Waals surface area contributed by atoms with Crippen LogP contribution in [0.15, 0.2) is 33.5 Å². The maximum atomic E-state index is 11.7. The molecule has 5 atom stereocenters. The number of aliphatic hydroxyl groups excluding tert-OH is 3. The van der Waals surface area contributed by atoms with Crippen LogP contribution in [0, 0.1) is 6.92 Å². The van der Waals surface area contributed by atoms with Crippen molar-refractivity contribution in [1.29, 1.82) is 0 Å². The van der Waals surface area contributed by atoms with Gasteiger partial charge in [0.15, 0.2) is 6.10 Å². The van der Waals surface area contributed by atoms with Crippen LogP contribution in [0.1, 0.15) is 5.56 Å². The molecule has 0 amide bonds. The topological polar surface area (TPSA) is 147 Å². The quantitative estimate of drug-likeness (QED) is 0.530. The van der Waals surface area contributed by atoms with Crippen LogP contribution in [0.4, 0.5) is 0 Å². The molecule has 1 aromatic carbocycles. The second-order valence-electron chi connectivity index (χ2n) is 5.78. The summed E-state index contributed by atoms with van der Waals surface area (Å²) >= 11 is 0. The van der Waals surface area contributed by atoms with Gasteiger partial charge in [-0.15, -0.1) is 0 Å². The fraction of sp³-hybridized carbons (Fsp3) is 0.375. The van der Waals surface area contributed by atoms with Crippen LogP contribution in [0.2, 0.25) is 0 Å². The lowest BCUT2D eigenvalue weighted by Crippen LogP contribution is -2.61. The smallest absolute Gasteiger partial charge is 0.339 e. The van der Waals surface area contributed by atoms with E-state index >= 15 is 0 Å². The van der Waals surface area contributed by atoms with E-state index in [0.717, 1.165) is 11.6 Å². The normalized spacial score (nSPS) is 29.5. The molecule has 9 heteroatoms. The van der Waals surface area contributed by atoms with Crippen molar-refractivity contribution in [1.82, 2.24) is 0 Å². The molecule has 3 rings (SSSR count). The number of ether oxygens (including phenoxy) is 2. The van der Waals surface area contributed by atoms with E-state index in [0.29, 0.717) is 5.39 Å². The zero-order valence-electron chi connectivity index (χ0n) is 13.0. The van der Waals surface area contributed by atoms with Crippen molar-refractivity contribution >= 4 is 16.9 Å². The third-order valence-electron chi connectivity index (χ3n) is 3.92. The number of aliphatic hydroxyl groups is 3. The fourth-order valence-corrected chi connectivity index (χ4v) is 2.62. The third-order valence-corrected chi connectivity index (χ3v) is 3.92. The van der Waals surface area contributed by atoms with E-state index in [1.807, 2.05) is 0 Å². The van der Waals surface area contributed by atoms with Gasteiger partial charge in [0.1, 0.15) is 29.6 Å². The molecular formula is C16H16O9. The minimum Gasteiger partial charge on any atom is -0.479 e. The summed E-state index contributed by atoms with van der Waals surface area (Å²) in [6.07, 6.45) is -8.75. The Morgan fingerprint density at radius 3 is 2.52 bits per heavy atom. The molecule has 1 aromatic heterocycles. The molecule has 0 saturated carbocycles. The van der Waals surface area contributed by atoms with Crippen molar-refractivity contribution in [2.24, 2.45) is 0 Å². The third kappa shape index (κ3) is 3.22. The number of carboxylic acids is 1. The number of hydrogen-bond acceptors (Lipinski definition) is 8. The van der Waals surface area contributed by atoms with E-state index in [1.165, 1.54) is 0 Å². The first-order chi connectivity index (χ1) is 11.8. The van der Waals surface area contributed by atoms with Crippen molar-refractivity contribution in [2.75, 3.05) is 0 Å². The second kappa shape index (κ2) is 6.45. The lowest BCUT2D eigenvalue weighted by atomic mass is 9.99. The Kier molecular flexibility index (Phi) is 4.48. The van der Waals surface area contributed by atoms with Gasteiger partial charge in [0.05, 0.1) is 11.5 Å². The summed E-state index contributed by atoms with van der Waals surface area (Å²) in [4.78, 5) is 22.8. The molecule has 0 aliphatic carbocycles. The zero-order chi connectivity index (χ0) is 18.3. The van der Waals surface area contributed by atoms with Crippen LogP contribution >= 0.6 is 0 Å². The first kappa shape index (κ1) is 17.4. The Morgan fingerprint density at radius 2 is 1.84 bits per heavy atom. The van der Waals surface area contributed by atoms with Crippen molar-refractivity contribution in [3.63, 3.8) is 0 Å². The Morgan fingerprint density at radius 1 is 1.12 bits per heavy atom. The Labute approximate surface area is 140 Å². The predicted molar refractivity (Wildman–Crippen MR) is 82.2 cm³/mol. The summed E-state index contributed by atoms with van der Waals surface area (Å²) in [5, 5.41) is 39.0. The van der Waals surface area contributed by atoms with Gasteiger partial charge in [-0.25, -0.2) is 9.59 Å². The van der Waals surface area contributed by atoms with E-state index in [2.05, 4.69) is 0 Å². The van der Waals surface area contributed by atoms with E-state index in [4.69, 9.17) is 19.0 Å². The van der Waals surface area contributed by atoms with Gasteiger partial charge in [0.25, 0.3) is 0 Å². The minimum absolute atomic E-state index is 0.00766. The highest BCUT2D eigenvalue weighted by atomic mass is 16.7. The predicted octanol–water partition coefficient (Wildman–Crippen LogP) is -0.628. The second-order valence-corrected chi connectivity index (χ2v) is 5.78. The molecule has 1 aliphatic rings. The average Bonchev–Trinajstić information content (AvgIpc) is 2.55. The van der Waals surface area contributed by atoms with E-state index in [9.17, 15) is 24.9 Å². The SMILES string of the molecule is Cc1ccc2oc(=O)cc(O[C@@H]3O[C@H](C(=O)O)[C@@H](O)[C@H](O)[C@H]3O)c2c1.